The lowest BCUT2D eigenvalue weighted by Crippen LogP contribution is -2.21. The van der Waals surface area contributed by atoms with Crippen LogP contribution in [0.2, 0.25) is 0 Å². The molecule has 0 amide bonds. The van der Waals surface area contributed by atoms with Crippen molar-refractivity contribution in [3.05, 3.63) is 29.3 Å². The molecule has 0 radical (unpaired) electrons. The molecule has 1 saturated carbocycles. The van der Waals surface area contributed by atoms with Gasteiger partial charge in [0.2, 0.25) is 0 Å². The fourth-order valence-corrected chi connectivity index (χ4v) is 2.54. The maximum absolute atomic E-state index is 11.2. The van der Waals surface area contributed by atoms with Gasteiger partial charge in [0.1, 0.15) is 5.78 Å². The van der Waals surface area contributed by atoms with Crippen molar-refractivity contribution in [3.8, 4) is 0 Å². The largest absolute Gasteiger partial charge is 0.385 e. The predicted molar refractivity (Wildman–Crippen MR) is 71.4 cm³/mol. The van der Waals surface area contributed by atoms with E-state index < -0.39 is 0 Å². The molecular weight excluding hydrogens is 210 g/mol. The second kappa shape index (κ2) is 5.35. The molecule has 1 aromatic rings. The lowest BCUT2D eigenvalue weighted by molar-refractivity contribution is -0.120. The molecule has 2 heteroatoms. The van der Waals surface area contributed by atoms with Crippen LogP contribution in [0.5, 0.6) is 0 Å². The summed E-state index contributed by atoms with van der Waals surface area (Å²) in [4.78, 5) is 11.2. The van der Waals surface area contributed by atoms with Crippen LogP contribution in [0.3, 0.4) is 0 Å². The number of ketones is 1. The molecular formula is C15H21NO. The first-order valence-corrected chi connectivity index (χ1v) is 6.47. The molecule has 0 atom stereocenters. The normalized spacial score (nSPS) is 17.2. The second-order valence-corrected chi connectivity index (χ2v) is 5.24. The van der Waals surface area contributed by atoms with E-state index in [4.69, 9.17) is 0 Å². The highest BCUT2D eigenvalue weighted by molar-refractivity contribution is 5.79. The van der Waals surface area contributed by atoms with Gasteiger partial charge in [-0.15, -0.1) is 0 Å². The zero-order valence-corrected chi connectivity index (χ0v) is 10.8. The van der Waals surface area contributed by atoms with Gasteiger partial charge in [-0.25, -0.2) is 0 Å². The van der Waals surface area contributed by atoms with Crippen molar-refractivity contribution in [2.24, 2.45) is 5.92 Å². The van der Waals surface area contributed by atoms with Crippen LogP contribution in [-0.4, -0.2) is 12.3 Å². The maximum atomic E-state index is 11.2. The Morgan fingerprint density at radius 3 is 2.29 bits per heavy atom. The summed E-state index contributed by atoms with van der Waals surface area (Å²) in [5.41, 5.74) is 3.80. The average molecular weight is 231 g/mol. The summed E-state index contributed by atoms with van der Waals surface area (Å²) >= 11 is 0. The molecule has 92 valence electrons. The minimum Gasteiger partial charge on any atom is -0.385 e. The van der Waals surface area contributed by atoms with Crippen LogP contribution in [0.4, 0.5) is 5.69 Å². The number of benzene rings is 1. The molecule has 0 spiro atoms. The molecule has 1 aliphatic rings. The topological polar surface area (TPSA) is 29.1 Å². The van der Waals surface area contributed by atoms with Crippen LogP contribution in [0.25, 0.3) is 0 Å². The minimum atomic E-state index is 0.438. The fourth-order valence-electron chi connectivity index (χ4n) is 2.54. The van der Waals surface area contributed by atoms with E-state index in [1.165, 1.54) is 16.8 Å². The van der Waals surface area contributed by atoms with Gasteiger partial charge in [-0.3, -0.25) is 4.79 Å². The van der Waals surface area contributed by atoms with Crippen LogP contribution in [0.1, 0.15) is 36.8 Å². The average Bonchev–Trinajstić information content (AvgIpc) is 2.27. The summed E-state index contributed by atoms with van der Waals surface area (Å²) in [5.74, 6) is 1.10. The molecule has 0 aliphatic heterocycles. The Morgan fingerprint density at radius 1 is 1.12 bits per heavy atom. The molecule has 0 unspecified atom stereocenters. The van der Waals surface area contributed by atoms with E-state index >= 15 is 0 Å². The van der Waals surface area contributed by atoms with E-state index in [0.717, 1.165) is 32.2 Å². The first kappa shape index (κ1) is 12.2. The monoisotopic (exact) mass is 231 g/mol. The standard InChI is InChI=1S/C15H21NO/c1-11-7-12(2)9-14(8-11)16-10-13-3-5-15(17)6-4-13/h7-9,13,16H,3-6,10H2,1-2H3. The third-order valence-electron chi connectivity index (χ3n) is 3.48. The number of anilines is 1. The molecule has 0 saturated heterocycles. The van der Waals surface area contributed by atoms with Crippen LogP contribution < -0.4 is 5.32 Å². The van der Waals surface area contributed by atoms with E-state index in [1.54, 1.807) is 0 Å². The number of aryl methyl sites for hydroxylation is 2. The highest BCUT2D eigenvalue weighted by atomic mass is 16.1. The first-order valence-electron chi connectivity index (χ1n) is 6.47. The van der Waals surface area contributed by atoms with E-state index in [0.29, 0.717) is 11.7 Å². The summed E-state index contributed by atoms with van der Waals surface area (Å²) in [5, 5.41) is 3.50. The number of nitrogens with one attached hydrogen (secondary N) is 1. The number of carbonyl (C=O) groups excluding carboxylic acids is 1. The second-order valence-electron chi connectivity index (χ2n) is 5.24. The Kier molecular flexibility index (Phi) is 3.82. The fraction of sp³-hybridized carbons (Fsp3) is 0.533. The van der Waals surface area contributed by atoms with Gasteiger partial charge in [-0.2, -0.15) is 0 Å². The number of hydrogen-bond acceptors (Lipinski definition) is 2. The molecule has 0 bridgehead atoms. The Labute approximate surface area is 103 Å². The van der Waals surface area contributed by atoms with Crippen molar-refractivity contribution in [3.63, 3.8) is 0 Å². The minimum absolute atomic E-state index is 0.438. The lowest BCUT2D eigenvalue weighted by Gasteiger charge is -2.21. The van der Waals surface area contributed by atoms with Gasteiger partial charge in [-0.05, 0) is 55.9 Å². The van der Waals surface area contributed by atoms with Crippen LogP contribution in [0, 0.1) is 19.8 Å². The number of carbonyl (C=O) groups is 1. The molecule has 0 aromatic heterocycles. The van der Waals surface area contributed by atoms with E-state index in [-0.39, 0.29) is 0 Å². The summed E-state index contributed by atoms with van der Waals surface area (Å²) in [6, 6.07) is 6.55. The third kappa shape index (κ3) is 3.58. The van der Waals surface area contributed by atoms with Crippen molar-refractivity contribution in [2.75, 3.05) is 11.9 Å². The van der Waals surface area contributed by atoms with Gasteiger partial charge >= 0.3 is 0 Å². The molecule has 1 fully saturated rings. The van der Waals surface area contributed by atoms with Crippen LogP contribution >= 0.6 is 0 Å². The predicted octanol–water partition coefficient (Wildman–Crippen LogP) is 3.47. The maximum Gasteiger partial charge on any atom is 0.132 e. The lowest BCUT2D eigenvalue weighted by atomic mass is 9.88. The number of Topliss-reactive ketones (excluding diaryl/α,β-unsaturated/α-hetero) is 1. The summed E-state index contributed by atoms with van der Waals surface area (Å²) < 4.78 is 0. The molecule has 2 rings (SSSR count). The third-order valence-corrected chi connectivity index (χ3v) is 3.48. The molecule has 1 aromatic carbocycles. The quantitative estimate of drug-likeness (QED) is 0.863. The van der Waals surface area contributed by atoms with Gasteiger partial charge in [0.25, 0.3) is 0 Å². The Morgan fingerprint density at radius 2 is 1.71 bits per heavy atom. The van der Waals surface area contributed by atoms with Crippen molar-refractivity contribution in [1.82, 2.24) is 0 Å². The number of hydrogen-bond donors (Lipinski definition) is 1. The molecule has 17 heavy (non-hydrogen) atoms. The summed E-state index contributed by atoms with van der Waals surface area (Å²) in [6.07, 6.45) is 3.66. The van der Waals surface area contributed by atoms with Crippen LogP contribution in [0.15, 0.2) is 18.2 Å². The summed E-state index contributed by atoms with van der Waals surface area (Å²) in [7, 11) is 0. The number of rotatable bonds is 3. The van der Waals surface area contributed by atoms with E-state index in [9.17, 15) is 4.79 Å². The molecule has 1 N–H and O–H groups in total. The molecule has 1 aliphatic carbocycles. The van der Waals surface area contributed by atoms with E-state index in [2.05, 4.69) is 37.4 Å². The SMILES string of the molecule is Cc1cc(C)cc(NCC2CCC(=O)CC2)c1. The molecule has 2 nitrogen and oxygen atoms in total. The molecule has 0 heterocycles. The van der Waals surface area contributed by atoms with Gasteiger partial charge in [0, 0.05) is 25.1 Å². The zero-order chi connectivity index (χ0) is 12.3. The Hall–Kier alpha value is -1.31. The highest BCUT2D eigenvalue weighted by Crippen LogP contribution is 2.22. The first-order chi connectivity index (χ1) is 8.13. The van der Waals surface area contributed by atoms with Gasteiger partial charge < -0.3 is 5.32 Å². The van der Waals surface area contributed by atoms with Gasteiger partial charge in [0.05, 0.1) is 0 Å². The van der Waals surface area contributed by atoms with Gasteiger partial charge in [0.15, 0.2) is 0 Å². The zero-order valence-electron chi connectivity index (χ0n) is 10.8. The van der Waals surface area contributed by atoms with Crippen molar-refractivity contribution in [2.45, 2.75) is 39.5 Å². The van der Waals surface area contributed by atoms with Crippen LogP contribution in [-0.2, 0) is 4.79 Å². The summed E-state index contributed by atoms with van der Waals surface area (Å²) in [6.45, 7) is 5.24. The van der Waals surface area contributed by atoms with Crippen molar-refractivity contribution >= 4 is 11.5 Å². The van der Waals surface area contributed by atoms with Crippen molar-refractivity contribution < 1.29 is 4.79 Å². The van der Waals surface area contributed by atoms with E-state index in [1.807, 2.05) is 0 Å². The smallest absolute Gasteiger partial charge is 0.132 e. The van der Waals surface area contributed by atoms with Crippen molar-refractivity contribution in [1.29, 1.82) is 0 Å². The Bertz CT molecular complexity index is 381. The Balaban J connectivity index is 1.87. The van der Waals surface area contributed by atoms with Gasteiger partial charge in [-0.1, -0.05) is 6.07 Å². The highest BCUT2D eigenvalue weighted by Gasteiger charge is 2.18.